The molecule has 1 unspecified atom stereocenters. The Morgan fingerprint density at radius 3 is 2.16 bits per heavy atom. The van der Waals surface area contributed by atoms with E-state index in [1.54, 1.807) is 6.07 Å². The lowest BCUT2D eigenvalue weighted by molar-refractivity contribution is -0.124. The molecule has 172 valence electrons. The number of oxazole rings is 1. The fourth-order valence-electron chi connectivity index (χ4n) is 3.07. The van der Waals surface area contributed by atoms with E-state index in [0.29, 0.717) is 29.4 Å². The molecule has 0 radical (unpaired) electrons. The van der Waals surface area contributed by atoms with Crippen molar-refractivity contribution in [3.63, 3.8) is 0 Å². The van der Waals surface area contributed by atoms with Gasteiger partial charge in [0.2, 0.25) is 11.7 Å². The number of hydrogen-bond donors (Lipinski definition) is 1. The summed E-state index contributed by atoms with van der Waals surface area (Å²) in [7, 11) is 0. The van der Waals surface area contributed by atoms with Gasteiger partial charge in [-0.25, -0.2) is 4.98 Å². The molecule has 0 bridgehead atoms. The van der Waals surface area contributed by atoms with Gasteiger partial charge in [-0.05, 0) is 41.9 Å². The number of carbonyl (C=O) groups is 2. The van der Waals surface area contributed by atoms with Crippen molar-refractivity contribution in [3.05, 3.63) is 30.2 Å². The first-order chi connectivity index (χ1) is 14.8. The second-order valence-corrected chi connectivity index (χ2v) is 10.9. The first-order valence-corrected chi connectivity index (χ1v) is 13.5. The van der Waals surface area contributed by atoms with Gasteiger partial charge in [0, 0.05) is 11.5 Å². The Hall–Kier alpha value is -1.47. The number of rotatable bonds is 14. The number of amides is 1. The molecule has 1 N–H and O–H groups in total. The van der Waals surface area contributed by atoms with Crippen LogP contribution >= 0.6 is 23.5 Å². The Bertz CT molecular complexity index is 788. The van der Waals surface area contributed by atoms with Crippen LogP contribution in [-0.4, -0.2) is 45.7 Å². The van der Waals surface area contributed by atoms with E-state index >= 15 is 0 Å². The number of hydrogen-bond acceptors (Lipinski definition) is 6. The van der Waals surface area contributed by atoms with Crippen molar-refractivity contribution >= 4 is 46.3 Å². The minimum absolute atomic E-state index is 0.0459. The number of para-hydroxylation sites is 2. The second-order valence-electron chi connectivity index (χ2n) is 8.76. The molecule has 0 saturated heterocycles. The summed E-state index contributed by atoms with van der Waals surface area (Å²) in [5, 5.41) is 3.02. The zero-order valence-corrected chi connectivity index (χ0v) is 21.0. The van der Waals surface area contributed by atoms with Crippen molar-refractivity contribution in [2.24, 2.45) is 17.8 Å². The number of Topliss-reactive ketones (excluding diaryl/α,β-unsaturated/α-hetero) is 1. The summed E-state index contributed by atoms with van der Waals surface area (Å²) in [4.78, 5) is 30.6. The van der Waals surface area contributed by atoms with E-state index in [9.17, 15) is 9.59 Å². The average molecular weight is 465 g/mol. The molecule has 0 saturated carbocycles. The molecule has 1 atom stereocenters. The quantitative estimate of drug-likeness (QED) is 0.362. The summed E-state index contributed by atoms with van der Waals surface area (Å²) in [6, 6.07) is 6.70. The van der Waals surface area contributed by atoms with Gasteiger partial charge in [0.25, 0.3) is 5.89 Å². The van der Waals surface area contributed by atoms with E-state index in [1.165, 1.54) is 0 Å². The van der Waals surface area contributed by atoms with E-state index < -0.39 is 6.04 Å². The van der Waals surface area contributed by atoms with Crippen LogP contribution in [0.2, 0.25) is 0 Å². The Morgan fingerprint density at radius 2 is 1.61 bits per heavy atom. The van der Waals surface area contributed by atoms with Gasteiger partial charge in [-0.3, -0.25) is 9.59 Å². The van der Waals surface area contributed by atoms with Crippen molar-refractivity contribution < 1.29 is 14.0 Å². The molecule has 2 rings (SSSR count). The average Bonchev–Trinajstić information content (AvgIpc) is 3.15. The van der Waals surface area contributed by atoms with Gasteiger partial charge in [0.1, 0.15) is 5.52 Å². The van der Waals surface area contributed by atoms with E-state index in [2.05, 4.69) is 38.0 Å². The number of thioether (sulfide) groups is 2. The number of nitrogens with one attached hydrogen (secondary N) is 1. The van der Waals surface area contributed by atoms with Crippen LogP contribution in [0.1, 0.15) is 58.1 Å². The maximum atomic E-state index is 13.1. The molecule has 0 aliphatic heterocycles. The molecule has 0 spiro atoms. The molecule has 2 aromatic rings. The van der Waals surface area contributed by atoms with Crippen molar-refractivity contribution in [3.8, 4) is 0 Å². The number of ketones is 1. The van der Waals surface area contributed by atoms with Gasteiger partial charge >= 0.3 is 0 Å². The van der Waals surface area contributed by atoms with Crippen LogP contribution in [0.25, 0.3) is 11.1 Å². The highest BCUT2D eigenvalue weighted by Gasteiger charge is 2.29. The Labute approximate surface area is 194 Å². The van der Waals surface area contributed by atoms with Crippen molar-refractivity contribution in [2.45, 2.75) is 53.5 Å². The van der Waals surface area contributed by atoms with Gasteiger partial charge in [-0.1, -0.05) is 53.2 Å². The van der Waals surface area contributed by atoms with Gasteiger partial charge in [0.15, 0.2) is 5.58 Å². The van der Waals surface area contributed by atoms with Gasteiger partial charge in [-0.15, -0.1) is 0 Å². The predicted molar refractivity (Wildman–Crippen MR) is 133 cm³/mol. The summed E-state index contributed by atoms with van der Waals surface area (Å²) in [5.74, 6) is 4.41. The number of fused-ring (bicyclic) bond motifs is 1. The van der Waals surface area contributed by atoms with E-state index in [-0.39, 0.29) is 23.5 Å². The Balaban J connectivity index is 2.08. The summed E-state index contributed by atoms with van der Waals surface area (Å²) in [6.45, 7) is 10.8. The van der Waals surface area contributed by atoms with Crippen LogP contribution in [0.5, 0.6) is 0 Å². The van der Waals surface area contributed by atoms with Crippen LogP contribution in [0.4, 0.5) is 0 Å². The number of carbonyl (C=O) groups excluding carboxylic acids is 2. The molecule has 0 aliphatic rings. The Kier molecular flexibility index (Phi) is 10.9. The highest BCUT2D eigenvalue weighted by atomic mass is 32.2. The monoisotopic (exact) mass is 464 g/mol. The maximum Gasteiger partial charge on any atom is 0.266 e. The lowest BCUT2D eigenvalue weighted by Gasteiger charge is -2.21. The third kappa shape index (κ3) is 8.53. The third-order valence-electron chi connectivity index (χ3n) is 4.63. The van der Waals surface area contributed by atoms with Gasteiger partial charge in [-0.2, -0.15) is 23.5 Å². The second kappa shape index (κ2) is 13.2. The maximum absolute atomic E-state index is 13.1. The minimum Gasteiger partial charge on any atom is -0.434 e. The van der Waals surface area contributed by atoms with Crippen LogP contribution in [0.15, 0.2) is 28.7 Å². The standard InChI is InChI=1S/C24H36N2O3S2/c1-6-9-20(22(27)24-26-19-10-7-8-11-21(19)29-24)25-23(28)18(14-30-12-16(2)3)15-31-13-17(4)5/h7-8,10-11,16-18,20H,6,9,12-15H2,1-5H3,(H,25,28). The predicted octanol–water partition coefficient (Wildman–Crippen LogP) is 5.69. The Morgan fingerprint density at radius 1 is 1.00 bits per heavy atom. The molecule has 1 aromatic carbocycles. The summed E-state index contributed by atoms with van der Waals surface area (Å²) in [6.07, 6.45) is 1.35. The molecule has 1 heterocycles. The lowest BCUT2D eigenvalue weighted by Crippen LogP contribution is -2.45. The van der Waals surface area contributed by atoms with E-state index in [1.807, 2.05) is 48.6 Å². The summed E-state index contributed by atoms with van der Waals surface area (Å²) in [5.41, 5.74) is 1.24. The number of benzene rings is 1. The first kappa shape index (κ1) is 25.8. The fourth-order valence-corrected chi connectivity index (χ4v) is 5.54. The fraction of sp³-hybridized carbons (Fsp3) is 0.625. The zero-order valence-electron chi connectivity index (χ0n) is 19.3. The van der Waals surface area contributed by atoms with Gasteiger partial charge < -0.3 is 9.73 Å². The van der Waals surface area contributed by atoms with Crippen LogP contribution in [0.3, 0.4) is 0 Å². The van der Waals surface area contributed by atoms with E-state index in [0.717, 1.165) is 29.4 Å². The van der Waals surface area contributed by atoms with Gasteiger partial charge in [0.05, 0.1) is 12.0 Å². The SMILES string of the molecule is CCCC(NC(=O)C(CSCC(C)C)CSCC(C)C)C(=O)c1nc2ccccc2o1. The first-order valence-electron chi connectivity index (χ1n) is 11.2. The smallest absolute Gasteiger partial charge is 0.266 e. The largest absolute Gasteiger partial charge is 0.434 e. The highest BCUT2D eigenvalue weighted by molar-refractivity contribution is 8.00. The zero-order chi connectivity index (χ0) is 22.8. The molecular weight excluding hydrogens is 428 g/mol. The van der Waals surface area contributed by atoms with Crippen molar-refractivity contribution in [2.75, 3.05) is 23.0 Å². The molecule has 0 fully saturated rings. The summed E-state index contributed by atoms with van der Waals surface area (Å²) >= 11 is 3.63. The molecule has 1 amide bonds. The molecule has 0 aliphatic carbocycles. The molecule has 7 heteroatoms. The molecule has 5 nitrogen and oxygen atoms in total. The molecular formula is C24H36N2O3S2. The molecule has 31 heavy (non-hydrogen) atoms. The van der Waals surface area contributed by atoms with E-state index in [4.69, 9.17) is 4.42 Å². The highest BCUT2D eigenvalue weighted by Crippen LogP contribution is 2.21. The number of nitrogens with zero attached hydrogens (tertiary/aromatic N) is 1. The van der Waals surface area contributed by atoms with Crippen LogP contribution in [0, 0.1) is 17.8 Å². The topological polar surface area (TPSA) is 72.2 Å². The van der Waals surface area contributed by atoms with Crippen LogP contribution in [-0.2, 0) is 4.79 Å². The summed E-state index contributed by atoms with van der Waals surface area (Å²) < 4.78 is 5.66. The minimum atomic E-state index is -0.613. The normalized spacial score (nSPS) is 12.8. The number of aromatic nitrogens is 1. The van der Waals surface area contributed by atoms with Crippen molar-refractivity contribution in [1.29, 1.82) is 0 Å². The van der Waals surface area contributed by atoms with Crippen molar-refractivity contribution in [1.82, 2.24) is 10.3 Å². The van der Waals surface area contributed by atoms with Crippen LogP contribution < -0.4 is 5.32 Å². The molecule has 1 aromatic heterocycles. The lowest BCUT2D eigenvalue weighted by atomic mass is 10.1. The third-order valence-corrected chi connectivity index (χ3v) is 7.71.